The van der Waals surface area contributed by atoms with Crippen molar-refractivity contribution in [2.24, 2.45) is 0 Å². The average Bonchev–Trinajstić information content (AvgIpc) is 2.75. The van der Waals surface area contributed by atoms with Crippen molar-refractivity contribution < 1.29 is 0 Å². The summed E-state index contributed by atoms with van der Waals surface area (Å²) < 4.78 is 0. The van der Waals surface area contributed by atoms with Crippen molar-refractivity contribution in [3.8, 4) is 0 Å². The highest BCUT2D eigenvalue weighted by Gasteiger charge is 2.35. The molecule has 0 aliphatic carbocycles. The summed E-state index contributed by atoms with van der Waals surface area (Å²) in [5.41, 5.74) is 1.42. The molecule has 4 aliphatic rings. The van der Waals surface area contributed by atoms with Gasteiger partial charge in [0.25, 0.3) is 0 Å². The first-order valence-electron chi connectivity index (χ1n) is 12.8. The van der Waals surface area contributed by atoms with Crippen molar-refractivity contribution in [3.05, 3.63) is 23.9 Å². The van der Waals surface area contributed by atoms with Crippen LogP contribution < -0.4 is 21.3 Å². The Morgan fingerprint density at radius 1 is 0.900 bits per heavy atom. The summed E-state index contributed by atoms with van der Waals surface area (Å²) in [6.45, 7) is 9.15. The molecular weight excluding hydrogens is 370 g/mol. The van der Waals surface area contributed by atoms with E-state index in [1.807, 2.05) is 0 Å². The summed E-state index contributed by atoms with van der Waals surface area (Å²) in [5, 5.41) is 15.5. The van der Waals surface area contributed by atoms with E-state index in [0.717, 1.165) is 26.2 Å². The number of hydrogen-bond donors (Lipinski definition) is 4. The fourth-order valence-corrected chi connectivity index (χ4v) is 6.13. The maximum absolute atomic E-state index is 3.92. The molecule has 0 bridgehead atoms. The predicted octanol–water partition coefficient (Wildman–Crippen LogP) is 2.90. The van der Waals surface area contributed by atoms with Gasteiger partial charge in [-0.05, 0) is 65.0 Å². The maximum Gasteiger partial charge on any atom is 0.0651 e. The van der Waals surface area contributed by atoms with Gasteiger partial charge in [-0.3, -0.25) is 4.90 Å². The van der Waals surface area contributed by atoms with Crippen LogP contribution in [-0.2, 0) is 0 Å². The van der Waals surface area contributed by atoms with Gasteiger partial charge in [-0.1, -0.05) is 31.4 Å². The van der Waals surface area contributed by atoms with E-state index in [2.05, 4.69) is 58.2 Å². The lowest BCUT2D eigenvalue weighted by atomic mass is 9.90. The van der Waals surface area contributed by atoms with Gasteiger partial charge in [-0.2, -0.15) is 0 Å². The fraction of sp³-hybridized carbons (Fsp3) is 0.840. The third kappa shape index (κ3) is 6.09. The number of nitrogens with zero attached hydrogens (tertiary/aromatic N) is 1. The van der Waals surface area contributed by atoms with Gasteiger partial charge >= 0.3 is 0 Å². The molecule has 6 atom stereocenters. The molecule has 0 saturated carbocycles. The summed E-state index contributed by atoms with van der Waals surface area (Å²) in [7, 11) is 0. The van der Waals surface area contributed by atoms with Crippen LogP contribution >= 0.6 is 0 Å². The summed E-state index contributed by atoms with van der Waals surface area (Å²) in [4.78, 5) is 2.84. The van der Waals surface area contributed by atoms with Crippen LogP contribution in [0.2, 0.25) is 0 Å². The van der Waals surface area contributed by atoms with Gasteiger partial charge in [0.15, 0.2) is 0 Å². The second-order valence-corrected chi connectivity index (χ2v) is 10.3. The molecule has 0 amide bonds. The third-order valence-corrected chi connectivity index (χ3v) is 7.61. The second-order valence-electron chi connectivity index (χ2n) is 10.3. The smallest absolute Gasteiger partial charge is 0.0651 e. The molecule has 4 heterocycles. The lowest BCUT2D eigenvalue weighted by molar-refractivity contribution is 0.113. The fourth-order valence-electron chi connectivity index (χ4n) is 6.13. The summed E-state index contributed by atoms with van der Waals surface area (Å²) >= 11 is 0. The molecule has 0 aromatic rings. The van der Waals surface area contributed by atoms with Gasteiger partial charge in [-0.15, -0.1) is 0 Å². The van der Waals surface area contributed by atoms with E-state index in [1.54, 1.807) is 0 Å². The summed E-state index contributed by atoms with van der Waals surface area (Å²) in [6.07, 6.45) is 18.8. The Morgan fingerprint density at radius 3 is 2.13 bits per heavy atom. The molecule has 170 valence electrons. The van der Waals surface area contributed by atoms with Crippen LogP contribution in [0.15, 0.2) is 23.9 Å². The van der Waals surface area contributed by atoms with Gasteiger partial charge in [0, 0.05) is 55.5 Å². The van der Waals surface area contributed by atoms with E-state index in [1.165, 1.54) is 63.5 Å². The van der Waals surface area contributed by atoms with Crippen molar-refractivity contribution in [1.29, 1.82) is 0 Å². The van der Waals surface area contributed by atoms with E-state index in [0.29, 0.717) is 36.3 Å². The standard InChI is InChI=1S/C25H45N5/c1-19-9-7-11-21(28-19)17-30(18-22-12-8-10-20(2)29-22)25(23-13-3-5-15-26-23)24-14-4-6-16-27-24/h3,5,13,19-22,24-29H,4,6-12,14-18H2,1-2H3. The van der Waals surface area contributed by atoms with Crippen molar-refractivity contribution >= 4 is 0 Å². The van der Waals surface area contributed by atoms with Gasteiger partial charge in [0.1, 0.15) is 0 Å². The molecule has 5 heteroatoms. The molecule has 5 nitrogen and oxygen atoms in total. The maximum atomic E-state index is 3.92. The first-order chi connectivity index (χ1) is 14.7. The van der Waals surface area contributed by atoms with Crippen LogP contribution in [-0.4, -0.2) is 67.3 Å². The number of hydrogen-bond acceptors (Lipinski definition) is 5. The number of dihydropyridines is 1. The lowest BCUT2D eigenvalue weighted by Gasteiger charge is -2.45. The number of allylic oxidation sites excluding steroid dienone is 2. The van der Waals surface area contributed by atoms with Crippen LogP contribution in [0.5, 0.6) is 0 Å². The van der Waals surface area contributed by atoms with Crippen LogP contribution in [0.25, 0.3) is 0 Å². The highest BCUT2D eigenvalue weighted by molar-refractivity contribution is 5.24. The summed E-state index contributed by atoms with van der Waals surface area (Å²) in [5.74, 6) is 0. The molecular formula is C25H45N5. The minimum absolute atomic E-state index is 0.438. The Kier molecular flexibility index (Phi) is 8.28. The molecule has 3 saturated heterocycles. The molecule has 0 spiro atoms. The molecule has 6 unspecified atom stereocenters. The van der Waals surface area contributed by atoms with E-state index in [-0.39, 0.29) is 0 Å². The quantitative estimate of drug-likeness (QED) is 0.515. The predicted molar refractivity (Wildman–Crippen MR) is 127 cm³/mol. The van der Waals surface area contributed by atoms with Crippen LogP contribution in [0.1, 0.15) is 71.6 Å². The number of nitrogens with one attached hydrogen (secondary N) is 4. The lowest BCUT2D eigenvalue weighted by Crippen LogP contribution is -2.61. The average molecular weight is 416 g/mol. The minimum atomic E-state index is 0.438. The van der Waals surface area contributed by atoms with Crippen LogP contribution in [0, 0.1) is 0 Å². The summed E-state index contributed by atoms with van der Waals surface area (Å²) in [6, 6.07) is 3.51. The minimum Gasteiger partial charge on any atom is -0.384 e. The first-order valence-corrected chi connectivity index (χ1v) is 12.8. The highest BCUT2D eigenvalue weighted by Crippen LogP contribution is 2.25. The topological polar surface area (TPSA) is 51.4 Å². The van der Waals surface area contributed by atoms with E-state index >= 15 is 0 Å². The highest BCUT2D eigenvalue weighted by atomic mass is 15.3. The largest absolute Gasteiger partial charge is 0.384 e. The third-order valence-electron chi connectivity index (χ3n) is 7.61. The molecule has 4 aliphatic heterocycles. The Labute approximate surface area is 184 Å². The molecule has 3 fully saturated rings. The molecule has 30 heavy (non-hydrogen) atoms. The molecule has 4 N–H and O–H groups in total. The van der Waals surface area contributed by atoms with Crippen LogP contribution in [0.3, 0.4) is 0 Å². The zero-order valence-electron chi connectivity index (χ0n) is 19.3. The van der Waals surface area contributed by atoms with Gasteiger partial charge in [-0.25, -0.2) is 0 Å². The monoisotopic (exact) mass is 415 g/mol. The second kappa shape index (κ2) is 11.1. The molecule has 4 rings (SSSR count). The van der Waals surface area contributed by atoms with Gasteiger partial charge in [0.05, 0.1) is 6.04 Å². The van der Waals surface area contributed by atoms with Gasteiger partial charge in [0.2, 0.25) is 0 Å². The molecule has 0 aromatic heterocycles. The Bertz CT molecular complexity index is 558. The Balaban J connectivity index is 1.55. The zero-order chi connectivity index (χ0) is 20.8. The van der Waals surface area contributed by atoms with Crippen LogP contribution in [0.4, 0.5) is 0 Å². The van der Waals surface area contributed by atoms with E-state index < -0.39 is 0 Å². The van der Waals surface area contributed by atoms with Crippen molar-refractivity contribution in [2.45, 2.75) is 108 Å². The normalized spacial score (nSPS) is 36.2. The molecule has 0 aromatic carbocycles. The molecule has 0 radical (unpaired) electrons. The first kappa shape index (κ1) is 22.3. The number of piperidine rings is 3. The van der Waals surface area contributed by atoms with Crippen molar-refractivity contribution in [2.75, 3.05) is 26.2 Å². The Morgan fingerprint density at radius 2 is 1.60 bits per heavy atom. The van der Waals surface area contributed by atoms with E-state index in [4.69, 9.17) is 0 Å². The van der Waals surface area contributed by atoms with E-state index in [9.17, 15) is 0 Å². The van der Waals surface area contributed by atoms with Gasteiger partial charge < -0.3 is 21.3 Å². The van der Waals surface area contributed by atoms with Crippen molar-refractivity contribution in [3.63, 3.8) is 0 Å². The van der Waals surface area contributed by atoms with Crippen molar-refractivity contribution in [1.82, 2.24) is 26.2 Å². The Hall–Kier alpha value is -0.880. The number of rotatable bonds is 7. The zero-order valence-corrected chi connectivity index (χ0v) is 19.3. The SMILES string of the molecule is CC1CCCC(CN(CC2CCCC(C)N2)C(C2=CC=CCN2)C2CCCCN2)N1.